The third kappa shape index (κ3) is 6.33. The second-order valence-corrected chi connectivity index (χ2v) is 6.35. The Kier molecular flexibility index (Phi) is 7.46. The molecule has 0 aliphatic rings. The molecule has 0 atom stereocenters. The van der Waals surface area contributed by atoms with Crippen molar-refractivity contribution in [1.29, 1.82) is 0 Å². The van der Waals surface area contributed by atoms with E-state index in [1.807, 2.05) is 6.92 Å². The molecular formula is C22H19F3N4O3. The van der Waals surface area contributed by atoms with E-state index in [-0.39, 0.29) is 18.1 Å². The number of ether oxygens (including phenoxy) is 2. The van der Waals surface area contributed by atoms with Crippen LogP contribution in [0.3, 0.4) is 0 Å². The molecule has 0 saturated heterocycles. The number of rotatable bonds is 7. The third-order valence-corrected chi connectivity index (χ3v) is 4.05. The van der Waals surface area contributed by atoms with Gasteiger partial charge in [-0.15, -0.1) is 0 Å². The summed E-state index contributed by atoms with van der Waals surface area (Å²) in [4.78, 5) is 22.3. The highest BCUT2D eigenvalue weighted by Crippen LogP contribution is 2.32. The van der Waals surface area contributed by atoms with Gasteiger partial charge in [0.2, 0.25) is 0 Å². The zero-order chi connectivity index (χ0) is 23.0. The smallest absolute Gasteiger partial charge is 0.432 e. The number of hydrogen-bond acceptors (Lipinski definition) is 5. The minimum Gasteiger partial charge on any atom is -0.489 e. The van der Waals surface area contributed by atoms with Crippen LogP contribution in [0.4, 0.5) is 18.9 Å². The maximum Gasteiger partial charge on any atom is 0.432 e. The first-order valence-corrected chi connectivity index (χ1v) is 9.57. The van der Waals surface area contributed by atoms with Gasteiger partial charge < -0.3 is 19.8 Å². The summed E-state index contributed by atoms with van der Waals surface area (Å²) in [6.07, 6.45) is -0.744. The molecule has 0 spiro atoms. The predicted molar refractivity (Wildman–Crippen MR) is 111 cm³/mol. The number of imidazole rings is 1. The van der Waals surface area contributed by atoms with E-state index in [2.05, 4.69) is 32.1 Å². The first-order valence-electron chi connectivity index (χ1n) is 9.57. The molecule has 1 aromatic carbocycles. The van der Waals surface area contributed by atoms with Gasteiger partial charge in [-0.1, -0.05) is 5.92 Å². The van der Waals surface area contributed by atoms with Gasteiger partial charge in [0.25, 0.3) is 0 Å². The fourth-order valence-corrected chi connectivity index (χ4v) is 2.59. The zero-order valence-electron chi connectivity index (χ0n) is 17.0. The highest BCUT2D eigenvalue weighted by Gasteiger charge is 2.33. The number of anilines is 1. The third-order valence-electron chi connectivity index (χ3n) is 4.05. The summed E-state index contributed by atoms with van der Waals surface area (Å²) in [7, 11) is 0. The highest BCUT2D eigenvalue weighted by molar-refractivity contribution is 6.05. The number of carbonyl (C=O) groups is 1. The van der Waals surface area contributed by atoms with Crippen molar-refractivity contribution in [2.24, 2.45) is 0 Å². The van der Waals surface area contributed by atoms with Crippen molar-refractivity contribution in [3.63, 3.8) is 0 Å². The molecule has 166 valence electrons. The maximum atomic E-state index is 12.9. The number of H-pyrrole nitrogens is 1. The van der Waals surface area contributed by atoms with Crippen LogP contribution in [-0.2, 0) is 15.7 Å². The number of halogens is 3. The number of nitrogens with one attached hydrogen (secondary N) is 2. The van der Waals surface area contributed by atoms with E-state index in [0.29, 0.717) is 36.3 Å². The molecule has 7 nitrogen and oxygen atoms in total. The molecule has 0 aliphatic heterocycles. The topological polar surface area (TPSA) is 89.1 Å². The molecule has 0 saturated carbocycles. The fraction of sp³-hybridized carbons (Fsp3) is 0.227. The Morgan fingerprint density at radius 1 is 1.22 bits per heavy atom. The van der Waals surface area contributed by atoms with Crippen molar-refractivity contribution >= 4 is 11.6 Å². The minimum absolute atomic E-state index is 0.00451. The SMILES string of the molecule is CCOCCOc1ccc(-c2ncc(C(F)(F)F)[nH]2)cc1NC(=O)C#Cc1cccnc1. The van der Waals surface area contributed by atoms with Gasteiger partial charge in [0.15, 0.2) is 0 Å². The van der Waals surface area contributed by atoms with Gasteiger partial charge in [-0.05, 0) is 37.3 Å². The van der Waals surface area contributed by atoms with Gasteiger partial charge in [0.1, 0.15) is 23.9 Å². The molecule has 0 fully saturated rings. The molecule has 3 aromatic rings. The Hall–Kier alpha value is -3.84. The van der Waals surface area contributed by atoms with Crippen LogP contribution in [-0.4, -0.2) is 40.7 Å². The molecule has 2 heterocycles. The van der Waals surface area contributed by atoms with Crippen LogP contribution in [0.5, 0.6) is 5.75 Å². The number of aromatic nitrogens is 3. The Labute approximate surface area is 182 Å². The number of pyridine rings is 1. The van der Waals surface area contributed by atoms with Crippen LogP contribution >= 0.6 is 0 Å². The number of hydrogen-bond donors (Lipinski definition) is 2. The lowest BCUT2D eigenvalue weighted by Crippen LogP contribution is -2.12. The van der Waals surface area contributed by atoms with Crippen LogP contribution in [0.25, 0.3) is 11.4 Å². The summed E-state index contributed by atoms with van der Waals surface area (Å²) in [6, 6.07) is 7.91. The van der Waals surface area contributed by atoms with Crippen molar-refractivity contribution in [3.05, 3.63) is 60.2 Å². The average molecular weight is 444 g/mol. The van der Waals surface area contributed by atoms with E-state index >= 15 is 0 Å². The molecule has 32 heavy (non-hydrogen) atoms. The number of nitrogens with zero attached hydrogens (tertiary/aromatic N) is 2. The summed E-state index contributed by atoms with van der Waals surface area (Å²) in [5.74, 6) is 4.80. The zero-order valence-corrected chi connectivity index (χ0v) is 17.0. The van der Waals surface area contributed by atoms with Gasteiger partial charge >= 0.3 is 12.1 Å². The average Bonchev–Trinajstić information content (AvgIpc) is 3.28. The molecule has 3 rings (SSSR count). The van der Waals surface area contributed by atoms with Crippen molar-refractivity contribution in [2.75, 3.05) is 25.1 Å². The Morgan fingerprint density at radius 3 is 2.75 bits per heavy atom. The Balaban J connectivity index is 1.84. The van der Waals surface area contributed by atoms with E-state index in [1.54, 1.807) is 18.3 Å². The van der Waals surface area contributed by atoms with Crippen molar-refractivity contribution in [3.8, 4) is 29.0 Å². The molecule has 0 radical (unpaired) electrons. The van der Waals surface area contributed by atoms with Gasteiger partial charge in [-0.25, -0.2) is 4.98 Å². The normalized spacial score (nSPS) is 10.9. The summed E-state index contributed by atoms with van der Waals surface area (Å²) in [6.45, 7) is 2.92. The maximum absolute atomic E-state index is 12.9. The van der Waals surface area contributed by atoms with Crippen molar-refractivity contribution in [1.82, 2.24) is 15.0 Å². The van der Waals surface area contributed by atoms with Crippen LogP contribution in [0.15, 0.2) is 48.9 Å². The molecule has 10 heteroatoms. The largest absolute Gasteiger partial charge is 0.489 e. The summed E-state index contributed by atoms with van der Waals surface area (Å²) in [5, 5.41) is 2.61. The number of aromatic amines is 1. The second-order valence-electron chi connectivity index (χ2n) is 6.35. The molecule has 2 aromatic heterocycles. The lowest BCUT2D eigenvalue weighted by Gasteiger charge is -2.13. The van der Waals surface area contributed by atoms with E-state index in [1.165, 1.54) is 24.4 Å². The Morgan fingerprint density at radius 2 is 2.06 bits per heavy atom. The van der Waals surface area contributed by atoms with Crippen molar-refractivity contribution in [2.45, 2.75) is 13.1 Å². The van der Waals surface area contributed by atoms with Gasteiger partial charge in [-0.3, -0.25) is 9.78 Å². The molecule has 0 unspecified atom stereocenters. The van der Waals surface area contributed by atoms with Gasteiger partial charge in [0.05, 0.1) is 18.5 Å². The highest BCUT2D eigenvalue weighted by atomic mass is 19.4. The summed E-state index contributed by atoms with van der Waals surface area (Å²) >= 11 is 0. The number of amides is 1. The number of alkyl halides is 3. The standard InChI is InChI=1S/C22H19F3N4O3/c1-2-31-10-11-32-18-7-6-16(21-27-14-19(29-21)22(23,24)25)12-17(18)28-20(30)8-5-15-4-3-9-26-13-15/h3-4,6-7,9,12-14H,2,10-11H2,1H3,(H,27,29)(H,28,30). The number of benzene rings is 1. The molecule has 1 amide bonds. The monoisotopic (exact) mass is 444 g/mol. The van der Waals surface area contributed by atoms with Crippen LogP contribution in [0, 0.1) is 11.8 Å². The molecule has 2 N–H and O–H groups in total. The van der Waals surface area contributed by atoms with Crippen LogP contribution < -0.4 is 10.1 Å². The quantitative estimate of drug-likeness (QED) is 0.426. The molecule has 0 bridgehead atoms. The minimum atomic E-state index is -4.55. The van der Waals surface area contributed by atoms with Crippen LogP contribution in [0.2, 0.25) is 0 Å². The predicted octanol–water partition coefficient (Wildman–Crippen LogP) is 3.90. The van der Waals surface area contributed by atoms with Gasteiger partial charge in [-0.2, -0.15) is 13.2 Å². The second kappa shape index (κ2) is 10.5. The lowest BCUT2D eigenvalue weighted by atomic mass is 10.1. The van der Waals surface area contributed by atoms with E-state index in [4.69, 9.17) is 9.47 Å². The summed E-state index contributed by atoms with van der Waals surface area (Å²) in [5.41, 5.74) is 0.139. The lowest BCUT2D eigenvalue weighted by molar-refractivity contribution is -0.140. The van der Waals surface area contributed by atoms with Crippen LogP contribution in [0.1, 0.15) is 18.2 Å². The van der Waals surface area contributed by atoms with Crippen molar-refractivity contribution < 1.29 is 27.4 Å². The first-order chi connectivity index (χ1) is 15.4. The van der Waals surface area contributed by atoms with E-state index in [0.717, 1.165) is 0 Å². The summed E-state index contributed by atoms with van der Waals surface area (Å²) < 4.78 is 49.5. The van der Waals surface area contributed by atoms with Gasteiger partial charge in [0, 0.05) is 36.0 Å². The Bertz CT molecular complexity index is 1120. The molecular weight excluding hydrogens is 425 g/mol. The molecule has 0 aliphatic carbocycles. The number of carbonyl (C=O) groups excluding carboxylic acids is 1. The fourth-order valence-electron chi connectivity index (χ4n) is 2.59. The van der Waals surface area contributed by atoms with E-state index in [9.17, 15) is 18.0 Å². The van der Waals surface area contributed by atoms with E-state index < -0.39 is 17.8 Å². The first kappa shape index (κ1) is 22.8.